The van der Waals surface area contributed by atoms with Crippen LogP contribution in [0.4, 0.5) is 0 Å². The molecular formula is C12H23NO2. The van der Waals surface area contributed by atoms with Gasteiger partial charge in [0.2, 0.25) is 5.91 Å². The van der Waals surface area contributed by atoms with Crippen LogP contribution in [-0.2, 0) is 9.53 Å². The van der Waals surface area contributed by atoms with E-state index in [1.54, 1.807) is 0 Å². The van der Waals surface area contributed by atoms with Crippen molar-refractivity contribution in [2.45, 2.75) is 39.5 Å². The Kier molecular flexibility index (Phi) is 5.69. The van der Waals surface area contributed by atoms with Crippen LogP contribution in [0.2, 0.25) is 0 Å². The predicted octanol–water partition coefficient (Wildman–Crippen LogP) is 1.97. The average Bonchev–Trinajstić information content (AvgIpc) is 2.25. The Morgan fingerprint density at radius 3 is 2.67 bits per heavy atom. The highest BCUT2D eigenvalue weighted by atomic mass is 16.5. The third kappa shape index (κ3) is 5.17. The summed E-state index contributed by atoms with van der Waals surface area (Å²) < 4.78 is 5.23. The lowest BCUT2D eigenvalue weighted by Gasteiger charge is -2.21. The number of nitrogens with one attached hydrogen (secondary N) is 1. The molecule has 0 spiro atoms. The van der Waals surface area contributed by atoms with E-state index in [4.69, 9.17) is 4.74 Å². The van der Waals surface area contributed by atoms with Crippen molar-refractivity contribution in [1.82, 2.24) is 5.32 Å². The Morgan fingerprint density at radius 2 is 2.07 bits per heavy atom. The maximum Gasteiger partial charge on any atom is 0.223 e. The van der Waals surface area contributed by atoms with E-state index >= 15 is 0 Å². The summed E-state index contributed by atoms with van der Waals surface area (Å²) in [5.41, 5.74) is 0. The maximum atomic E-state index is 11.7. The molecule has 1 rings (SSSR count). The Morgan fingerprint density at radius 1 is 1.40 bits per heavy atom. The molecule has 0 saturated carbocycles. The number of ether oxygens (including phenoxy) is 1. The first-order valence-electron chi connectivity index (χ1n) is 6.05. The van der Waals surface area contributed by atoms with Gasteiger partial charge in [-0.15, -0.1) is 0 Å². The van der Waals surface area contributed by atoms with Crippen LogP contribution in [0.1, 0.15) is 39.5 Å². The topological polar surface area (TPSA) is 38.3 Å². The molecule has 1 heterocycles. The lowest BCUT2D eigenvalue weighted by Crippen LogP contribution is -2.34. The third-order valence-corrected chi connectivity index (χ3v) is 2.85. The van der Waals surface area contributed by atoms with Gasteiger partial charge in [-0.05, 0) is 31.6 Å². The van der Waals surface area contributed by atoms with E-state index < -0.39 is 0 Å². The molecule has 0 aromatic heterocycles. The van der Waals surface area contributed by atoms with Gasteiger partial charge in [0.05, 0.1) is 0 Å². The van der Waals surface area contributed by atoms with E-state index in [1.807, 2.05) is 0 Å². The SMILES string of the molecule is CC(C)CCCNC(=O)C1CCOCC1. The number of carbonyl (C=O) groups is 1. The lowest BCUT2D eigenvalue weighted by atomic mass is 9.99. The van der Waals surface area contributed by atoms with E-state index in [2.05, 4.69) is 19.2 Å². The van der Waals surface area contributed by atoms with Crippen LogP contribution >= 0.6 is 0 Å². The molecule has 1 fully saturated rings. The number of rotatable bonds is 5. The number of amides is 1. The van der Waals surface area contributed by atoms with Gasteiger partial charge >= 0.3 is 0 Å². The van der Waals surface area contributed by atoms with Gasteiger partial charge in [-0.3, -0.25) is 4.79 Å². The normalized spacial score (nSPS) is 18.1. The van der Waals surface area contributed by atoms with Gasteiger partial charge in [0, 0.05) is 25.7 Å². The van der Waals surface area contributed by atoms with Crippen molar-refractivity contribution < 1.29 is 9.53 Å². The van der Waals surface area contributed by atoms with Crippen molar-refractivity contribution in [2.24, 2.45) is 11.8 Å². The van der Waals surface area contributed by atoms with Crippen LogP contribution in [0.5, 0.6) is 0 Å². The monoisotopic (exact) mass is 213 g/mol. The predicted molar refractivity (Wildman–Crippen MR) is 60.6 cm³/mol. The van der Waals surface area contributed by atoms with E-state index in [9.17, 15) is 4.79 Å². The van der Waals surface area contributed by atoms with Crippen molar-refractivity contribution in [1.29, 1.82) is 0 Å². The second kappa shape index (κ2) is 6.83. The van der Waals surface area contributed by atoms with Gasteiger partial charge in [-0.2, -0.15) is 0 Å². The molecule has 1 amide bonds. The first-order chi connectivity index (χ1) is 7.20. The molecule has 0 aliphatic carbocycles. The van der Waals surface area contributed by atoms with E-state index in [-0.39, 0.29) is 11.8 Å². The van der Waals surface area contributed by atoms with Gasteiger partial charge in [0.25, 0.3) is 0 Å². The van der Waals surface area contributed by atoms with Crippen molar-refractivity contribution in [2.75, 3.05) is 19.8 Å². The van der Waals surface area contributed by atoms with Crippen LogP contribution < -0.4 is 5.32 Å². The summed E-state index contributed by atoms with van der Waals surface area (Å²) in [4.78, 5) is 11.7. The molecule has 3 heteroatoms. The van der Waals surface area contributed by atoms with Crippen molar-refractivity contribution >= 4 is 5.91 Å². The second-order valence-electron chi connectivity index (χ2n) is 4.71. The molecule has 1 aliphatic rings. The van der Waals surface area contributed by atoms with Crippen molar-refractivity contribution in [3.63, 3.8) is 0 Å². The Labute approximate surface area is 92.6 Å². The zero-order valence-electron chi connectivity index (χ0n) is 9.92. The van der Waals surface area contributed by atoms with Crippen LogP contribution in [-0.4, -0.2) is 25.7 Å². The molecular weight excluding hydrogens is 190 g/mol. The average molecular weight is 213 g/mol. The zero-order chi connectivity index (χ0) is 11.1. The molecule has 0 atom stereocenters. The van der Waals surface area contributed by atoms with Crippen molar-refractivity contribution in [3.8, 4) is 0 Å². The zero-order valence-corrected chi connectivity index (χ0v) is 9.92. The summed E-state index contributed by atoms with van der Waals surface area (Å²) in [6.07, 6.45) is 4.05. The highest BCUT2D eigenvalue weighted by Gasteiger charge is 2.20. The third-order valence-electron chi connectivity index (χ3n) is 2.85. The molecule has 3 nitrogen and oxygen atoms in total. The molecule has 88 valence electrons. The summed E-state index contributed by atoms with van der Waals surface area (Å²) in [5.74, 6) is 1.14. The van der Waals surface area contributed by atoms with Crippen molar-refractivity contribution in [3.05, 3.63) is 0 Å². The molecule has 0 radical (unpaired) electrons. The molecule has 1 saturated heterocycles. The molecule has 0 aromatic rings. The molecule has 1 aliphatic heterocycles. The molecule has 15 heavy (non-hydrogen) atoms. The van der Waals surface area contributed by atoms with Crippen LogP contribution in [0.25, 0.3) is 0 Å². The van der Waals surface area contributed by atoms with Crippen LogP contribution in [0, 0.1) is 11.8 Å². The van der Waals surface area contributed by atoms with Crippen LogP contribution in [0.15, 0.2) is 0 Å². The second-order valence-corrected chi connectivity index (χ2v) is 4.71. The largest absolute Gasteiger partial charge is 0.381 e. The van der Waals surface area contributed by atoms with Gasteiger partial charge in [0.15, 0.2) is 0 Å². The minimum absolute atomic E-state index is 0.192. The summed E-state index contributed by atoms with van der Waals surface area (Å²) in [7, 11) is 0. The van der Waals surface area contributed by atoms with E-state index in [0.717, 1.165) is 44.9 Å². The fourth-order valence-electron chi connectivity index (χ4n) is 1.83. The summed E-state index contributed by atoms with van der Waals surface area (Å²) >= 11 is 0. The molecule has 0 aromatic carbocycles. The molecule has 0 bridgehead atoms. The quantitative estimate of drug-likeness (QED) is 0.709. The summed E-state index contributed by atoms with van der Waals surface area (Å²) in [6, 6.07) is 0. The summed E-state index contributed by atoms with van der Waals surface area (Å²) in [5, 5.41) is 3.01. The first kappa shape index (κ1) is 12.5. The Balaban J connectivity index is 2.07. The van der Waals surface area contributed by atoms with Crippen LogP contribution in [0.3, 0.4) is 0 Å². The number of carbonyl (C=O) groups excluding carboxylic acids is 1. The molecule has 1 N–H and O–H groups in total. The minimum atomic E-state index is 0.192. The lowest BCUT2D eigenvalue weighted by molar-refractivity contribution is -0.127. The maximum absolute atomic E-state index is 11.7. The highest BCUT2D eigenvalue weighted by molar-refractivity contribution is 5.78. The Bertz CT molecular complexity index is 186. The smallest absolute Gasteiger partial charge is 0.223 e. The summed E-state index contributed by atoms with van der Waals surface area (Å²) in [6.45, 7) is 6.73. The Hall–Kier alpha value is -0.570. The fraction of sp³-hybridized carbons (Fsp3) is 0.917. The van der Waals surface area contributed by atoms with Gasteiger partial charge in [-0.1, -0.05) is 13.8 Å². The number of hydrogen-bond donors (Lipinski definition) is 1. The fourth-order valence-corrected chi connectivity index (χ4v) is 1.83. The first-order valence-corrected chi connectivity index (χ1v) is 6.05. The van der Waals surface area contributed by atoms with Gasteiger partial charge in [-0.25, -0.2) is 0 Å². The standard InChI is InChI=1S/C12H23NO2/c1-10(2)4-3-7-13-12(14)11-5-8-15-9-6-11/h10-11H,3-9H2,1-2H3,(H,13,14). The highest BCUT2D eigenvalue weighted by Crippen LogP contribution is 2.14. The minimum Gasteiger partial charge on any atom is -0.381 e. The van der Waals surface area contributed by atoms with Gasteiger partial charge in [0.1, 0.15) is 0 Å². The van der Waals surface area contributed by atoms with E-state index in [0.29, 0.717) is 0 Å². The van der Waals surface area contributed by atoms with Gasteiger partial charge < -0.3 is 10.1 Å². The number of hydrogen-bond acceptors (Lipinski definition) is 2. The molecule has 0 unspecified atom stereocenters. The van der Waals surface area contributed by atoms with E-state index in [1.165, 1.54) is 6.42 Å².